The van der Waals surface area contributed by atoms with Crippen molar-refractivity contribution in [3.8, 4) is 5.75 Å². The molecule has 0 amide bonds. The SMILES string of the molecule is COc1ccc(C(=O)[C@@H](C)OC(=O)CCNS(=O)(=O)c2ccc(C)c(C)c2)cc1. The van der Waals surface area contributed by atoms with Crippen molar-refractivity contribution in [1.29, 1.82) is 0 Å². The van der Waals surface area contributed by atoms with Gasteiger partial charge in [0.15, 0.2) is 6.10 Å². The zero-order valence-electron chi connectivity index (χ0n) is 16.9. The first-order valence-corrected chi connectivity index (χ1v) is 10.6. The van der Waals surface area contributed by atoms with Gasteiger partial charge in [-0.15, -0.1) is 0 Å². The molecule has 0 unspecified atom stereocenters. The van der Waals surface area contributed by atoms with Crippen LogP contribution in [0.3, 0.4) is 0 Å². The van der Waals surface area contributed by atoms with Crippen LogP contribution >= 0.6 is 0 Å². The minimum atomic E-state index is -3.73. The molecule has 0 aliphatic carbocycles. The van der Waals surface area contributed by atoms with E-state index in [9.17, 15) is 18.0 Å². The summed E-state index contributed by atoms with van der Waals surface area (Å²) in [6.45, 7) is 5.07. The molecule has 0 radical (unpaired) electrons. The summed E-state index contributed by atoms with van der Waals surface area (Å²) in [4.78, 5) is 24.4. The average molecular weight is 419 g/mol. The van der Waals surface area contributed by atoms with Crippen molar-refractivity contribution in [2.24, 2.45) is 0 Å². The lowest BCUT2D eigenvalue weighted by Gasteiger charge is -2.13. The molecule has 0 fully saturated rings. The molecule has 2 rings (SSSR count). The summed E-state index contributed by atoms with van der Waals surface area (Å²) in [5.74, 6) is -0.402. The number of aryl methyl sites for hydroxylation is 2. The molecule has 0 aliphatic heterocycles. The molecule has 7 nitrogen and oxygen atoms in total. The number of rotatable bonds is 9. The summed E-state index contributed by atoms with van der Waals surface area (Å²) in [6, 6.07) is 11.3. The van der Waals surface area contributed by atoms with E-state index in [1.165, 1.54) is 20.1 Å². The second-order valence-corrected chi connectivity index (χ2v) is 8.39. The number of esters is 1. The Morgan fingerprint density at radius 3 is 2.28 bits per heavy atom. The second-order valence-electron chi connectivity index (χ2n) is 6.62. The number of hydrogen-bond donors (Lipinski definition) is 1. The third-order valence-corrected chi connectivity index (χ3v) is 5.92. The highest BCUT2D eigenvalue weighted by Crippen LogP contribution is 2.15. The molecular weight excluding hydrogens is 394 g/mol. The molecule has 29 heavy (non-hydrogen) atoms. The maximum Gasteiger partial charge on any atom is 0.307 e. The Hall–Kier alpha value is -2.71. The van der Waals surface area contributed by atoms with Gasteiger partial charge in [-0.05, 0) is 68.3 Å². The number of carbonyl (C=O) groups excluding carboxylic acids is 2. The highest BCUT2D eigenvalue weighted by molar-refractivity contribution is 7.89. The van der Waals surface area contributed by atoms with Gasteiger partial charge in [0.1, 0.15) is 5.75 Å². The fourth-order valence-electron chi connectivity index (χ4n) is 2.55. The number of benzene rings is 2. The van der Waals surface area contributed by atoms with Crippen LogP contribution in [-0.2, 0) is 19.6 Å². The Balaban J connectivity index is 1.86. The Morgan fingerprint density at radius 1 is 1.03 bits per heavy atom. The van der Waals surface area contributed by atoms with Crippen LogP contribution in [0.2, 0.25) is 0 Å². The maximum absolute atomic E-state index is 12.3. The van der Waals surface area contributed by atoms with Crippen molar-refractivity contribution >= 4 is 21.8 Å². The third-order valence-electron chi connectivity index (χ3n) is 4.46. The van der Waals surface area contributed by atoms with Crippen molar-refractivity contribution in [2.75, 3.05) is 13.7 Å². The smallest absolute Gasteiger partial charge is 0.307 e. The fraction of sp³-hybridized carbons (Fsp3) is 0.333. The molecule has 0 saturated heterocycles. The van der Waals surface area contributed by atoms with E-state index >= 15 is 0 Å². The van der Waals surface area contributed by atoms with Crippen LogP contribution in [0.15, 0.2) is 47.4 Å². The molecule has 0 aromatic heterocycles. The molecule has 156 valence electrons. The number of carbonyl (C=O) groups is 2. The summed E-state index contributed by atoms with van der Waals surface area (Å²) < 4.78 is 37.2. The van der Waals surface area contributed by atoms with E-state index < -0.39 is 22.1 Å². The number of ether oxygens (including phenoxy) is 2. The number of hydrogen-bond acceptors (Lipinski definition) is 6. The van der Waals surface area contributed by atoms with Crippen LogP contribution in [0.25, 0.3) is 0 Å². The summed E-state index contributed by atoms with van der Waals surface area (Å²) >= 11 is 0. The molecule has 2 aromatic carbocycles. The number of ketones is 1. The normalized spacial score (nSPS) is 12.3. The quantitative estimate of drug-likeness (QED) is 0.496. The standard InChI is InChI=1S/C21H25NO6S/c1-14-5-10-19(13-15(14)2)29(25,26)22-12-11-20(23)28-16(3)21(24)17-6-8-18(27-4)9-7-17/h5-10,13,16,22H,11-12H2,1-4H3/t16-/m1/s1. The second kappa shape index (κ2) is 9.67. The van der Waals surface area contributed by atoms with E-state index in [-0.39, 0.29) is 23.6 Å². The first kappa shape index (κ1) is 22.6. The molecule has 0 saturated carbocycles. The summed E-state index contributed by atoms with van der Waals surface area (Å²) in [5.41, 5.74) is 2.24. The Labute approximate surface area is 171 Å². The summed E-state index contributed by atoms with van der Waals surface area (Å²) in [6.07, 6.45) is -1.17. The zero-order chi connectivity index (χ0) is 21.6. The van der Waals surface area contributed by atoms with Crippen LogP contribution in [0, 0.1) is 13.8 Å². The van der Waals surface area contributed by atoms with Gasteiger partial charge in [0.05, 0.1) is 18.4 Å². The van der Waals surface area contributed by atoms with E-state index in [4.69, 9.17) is 9.47 Å². The maximum atomic E-state index is 12.3. The molecular formula is C21H25NO6S. The molecule has 0 aliphatic rings. The molecule has 0 bridgehead atoms. The highest BCUT2D eigenvalue weighted by atomic mass is 32.2. The topological polar surface area (TPSA) is 98.8 Å². The van der Waals surface area contributed by atoms with Gasteiger partial charge in [-0.3, -0.25) is 9.59 Å². The predicted octanol–water partition coefficient (Wildman–Crippen LogP) is 2.80. The first-order chi connectivity index (χ1) is 13.6. The van der Waals surface area contributed by atoms with Crippen LogP contribution in [0.1, 0.15) is 34.8 Å². The lowest BCUT2D eigenvalue weighted by atomic mass is 10.1. The van der Waals surface area contributed by atoms with Crippen LogP contribution in [0.4, 0.5) is 0 Å². The van der Waals surface area contributed by atoms with Crippen LogP contribution in [0.5, 0.6) is 5.75 Å². The molecule has 2 aromatic rings. The van der Waals surface area contributed by atoms with E-state index in [1.807, 2.05) is 13.8 Å². The van der Waals surface area contributed by atoms with E-state index in [2.05, 4.69) is 4.72 Å². The number of nitrogens with one attached hydrogen (secondary N) is 1. The minimum absolute atomic E-state index is 0.127. The van der Waals surface area contributed by atoms with Gasteiger partial charge in [-0.25, -0.2) is 13.1 Å². The third kappa shape index (κ3) is 6.13. The lowest BCUT2D eigenvalue weighted by Crippen LogP contribution is -2.29. The van der Waals surface area contributed by atoms with Crippen molar-refractivity contribution in [1.82, 2.24) is 4.72 Å². The van der Waals surface area contributed by atoms with Gasteiger partial charge >= 0.3 is 5.97 Å². The fourth-order valence-corrected chi connectivity index (χ4v) is 3.67. The van der Waals surface area contributed by atoms with Gasteiger partial charge in [0.2, 0.25) is 15.8 Å². The lowest BCUT2D eigenvalue weighted by molar-refractivity contribution is -0.146. The molecule has 8 heteroatoms. The first-order valence-electron chi connectivity index (χ1n) is 9.08. The summed E-state index contributed by atoms with van der Waals surface area (Å²) in [5, 5.41) is 0. The molecule has 0 spiro atoms. The van der Waals surface area contributed by atoms with Gasteiger partial charge < -0.3 is 9.47 Å². The number of Topliss-reactive ketones (excluding diaryl/α,β-unsaturated/α-hetero) is 1. The Kier molecular flexibility index (Phi) is 7.53. The molecule has 1 atom stereocenters. The Bertz CT molecular complexity index is 983. The van der Waals surface area contributed by atoms with Gasteiger partial charge in [0, 0.05) is 12.1 Å². The largest absolute Gasteiger partial charge is 0.497 e. The summed E-state index contributed by atoms with van der Waals surface area (Å²) in [7, 11) is -2.20. The van der Waals surface area contributed by atoms with Gasteiger partial charge in [0.25, 0.3) is 0 Å². The van der Waals surface area contributed by atoms with Crippen LogP contribution in [-0.4, -0.2) is 39.9 Å². The highest BCUT2D eigenvalue weighted by Gasteiger charge is 2.20. The van der Waals surface area contributed by atoms with Crippen molar-refractivity contribution < 1.29 is 27.5 Å². The van der Waals surface area contributed by atoms with E-state index in [0.29, 0.717) is 11.3 Å². The zero-order valence-corrected chi connectivity index (χ0v) is 17.7. The van der Waals surface area contributed by atoms with Gasteiger partial charge in [-0.2, -0.15) is 0 Å². The van der Waals surface area contributed by atoms with Crippen molar-refractivity contribution in [3.63, 3.8) is 0 Å². The Morgan fingerprint density at radius 2 is 1.69 bits per heavy atom. The average Bonchev–Trinajstić information content (AvgIpc) is 2.69. The number of sulfonamides is 1. The molecule has 0 heterocycles. The molecule has 1 N–H and O–H groups in total. The van der Waals surface area contributed by atoms with Crippen molar-refractivity contribution in [2.45, 2.75) is 38.2 Å². The van der Waals surface area contributed by atoms with Crippen LogP contribution < -0.4 is 9.46 Å². The van der Waals surface area contributed by atoms with Gasteiger partial charge in [-0.1, -0.05) is 6.07 Å². The predicted molar refractivity (Wildman–Crippen MR) is 109 cm³/mol. The van der Waals surface area contributed by atoms with Crippen molar-refractivity contribution in [3.05, 3.63) is 59.2 Å². The van der Waals surface area contributed by atoms with E-state index in [1.54, 1.807) is 36.4 Å². The van der Waals surface area contributed by atoms with E-state index in [0.717, 1.165) is 11.1 Å². The number of methoxy groups -OCH3 is 1. The minimum Gasteiger partial charge on any atom is -0.497 e. The monoisotopic (exact) mass is 419 g/mol.